The zero-order valence-corrected chi connectivity index (χ0v) is 22.5. The van der Waals surface area contributed by atoms with Crippen molar-refractivity contribution in [1.82, 2.24) is 0 Å². The molecule has 0 aliphatic carbocycles. The van der Waals surface area contributed by atoms with Crippen LogP contribution in [0.1, 0.15) is 22.6 Å². The fraction of sp³-hybridized carbons (Fsp3) is 0.0968. The molecular weight excluding hydrogens is 551 g/mol. The summed E-state index contributed by atoms with van der Waals surface area (Å²) in [6.07, 6.45) is 0. The Kier molecular flexibility index (Phi) is 8.11. The molecule has 0 saturated carbocycles. The number of nitrogens with zero attached hydrogens (tertiary/aromatic N) is 1. The average molecular weight is 573 g/mol. The molecule has 1 heterocycles. The molecule has 0 bridgehead atoms. The van der Waals surface area contributed by atoms with Gasteiger partial charge in [0, 0.05) is 27.2 Å². The first-order chi connectivity index (χ1) is 19.4. The molecule has 0 amide bonds. The van der Waals surface area contributed by atoms with E-state index in [0.29, 0.717) is 32.9 Å². The van der Waals surface area contributed by atoms with Crippen LogP contribution >= 0.6 is 23.2 Å². The second-order valence-electron chi connectivity index (χ2n) is 8.80. The van der Waals surface area contributed by atoms with E-state index in [1.165, 1.54) is 0 Å². The first-order valence-corrected chi connectivity index (χ1v) is 12.9. The fourth-order valence-corrected chi connectivity index (χ4v) is 4.71. The Bertz CT molecular complexity index is 1630. The molecule has 0 radical (unpaired) electrons. The number of nitriles is 1. The normalized spacial score (nSPS) is 14.0. The van der Waals surface area contributed by atoms with Crippen LogP contribution in [0.25, 0.3) is 0 Å². The summed E-state index contributed by atoms with van der Waals surface area (Å²) in [5, 5.41) is 11.0. The number of carbonyl (C=O) groups excluding carboxylic acids is 1. The van der Waals surface area contributed by atoms with Crippen molar-refractivity contribution in [3.8, 4) is 29.1 Å². The highest BCUT2D eigenvalue weighted by atomic mass is 35.5. The lowest BCUT2D eigenvalue weighted by atomic mass is 9.83. The van der Waals surface area contributed by atoms with Gasteiger partial charge in [0.15, 0.2) is 6.61 Å². The predicted molar refractivity (Wildman–Crippen MR) is 151 cm³/mol. The average Bonchev–Trinajstić information content (AvgIpc) is 2.95. The summed E-state index contributed by atoms with van der Waals surface area (Å²) in [4.78, 5) is 12.3. The maximum Gasteiger partial charge on any atom is 0.349 e. The summed E-state index contributed by atoms with van der Waals surface area (Å²) in [5.74, 6) is 0.622. The minimum absolute atomic E-state index is 0.0323. The highest BCUT2D eigenvalue weighted by Gasteiger charge is 2.31. The van der Waals surface area contributed by atoms with Crippen LogP contribution in [0.4, 0.5) is 0 Å². The standard InChI is InChI=1S/C31H22Cl2N2O5/c32-21-10-9-20(27(33)14-21)17-37-23-8-4-5-19(13-23)30-25-12-11-24(15-28(25)40-31(35)26(30)16-34)39-29(36)18-38-22-6-2-1-3-7-22/h1-15,30H,17-18,35H2. The first kappa shape index (κ1) is 26.9. The van der Waals surface area contributed by atoms with Crippen molar-refractivity contribution in [2.45, 2.75) is 12.5 Å². The molecule has 0 aromatic heterocycles. The monoisotopic (exact) mass is 572 g/mol. The Labute approximate surface area is 240 Å². The number of halogens is 2. The van der Waals surface area contributed by atoms with Gasteiger partial charge in [-0.3, -0.25) is 0 Å². The van der Waals surface area contributed by atoms with Crippen molar-refractivity contribution in [3.63, 3.8) is 0 Å². The van der Waals surface area contributed by atoms with Crippen molar-refractivity contribution in [3.05, 3.63) is 129 Å². The third-order valence-electron chi connectivity index (χ3n) is 6.12. The second kappa shape index (κ2) is 12.0. The quantitative estimate of drug-likeness (QED) is 0.183. The molecule has 1 unspecified atom stereocenters. The largest absolute Gasteiger partial charge is 0.489 e. The number of esters is 1. The number of nitrogens with two attached hydrogens (primary N) is 1. The van der Waals surface area contributed by atoms with Crippen molar-refractivity contribution < 1.29 is 23.7 Å². The van der Waals surface area contributed by atoms with Gasteiger partial charge < -0.3 is 24.7 Å². The molecular formula is C31H22Cl2N2O5. The van der Waals surface area contributed by atoms with Gasteiger partial charge in [-0.05, 0) is 48.0 Å². The third-order valence-corrected chi connectivity index (χ3v) is 6.71. The van der Waals surface area contributed by atoms with E-state index in [1.807, 2.05) is 42.5 Å². The van der Waals surface area contributed by atoms with Crippen molar-refractivity contribution in [2.24, 2.45) is 5.73 Å². The van der Waals surface area contributed by atoms with Crippen LogP contribution in [-0.2, 0) is 11.4 Å². The maximum atomic E-state index is 12.3. The number of carbonyl (C=O) groups is 1. The van der Waals surface area contributed by atoms with Crippen LogP contribution in [0.2, 0.25) is 10.0 Å². The topological polar surface area (TPSA) is 104 Å². The van der Waals surface area contributed by atoms with Crippen LogP contribution in [0.5, 0.6) is 23.0 Å². The molecule has 4 aromatic carbocycles. The summed E-state index contributed by atoms with van der Waals surface area (Å²) in [6.45, 7) is -0.0329. The maximum absolute atomic E-state index is 12.3. The molecule has 7 nitrogen and oxygen atoms in total. The Morgan fingerprint density at radius 2 is 1.70 bits per heavy atom. The van der Waals surface area contributed by atoms with Gasteiger partial charge in [-0.1, -0.05) is 65.7 Å². The number of hydrogen-bond donors (Lipinski definition) is 1. The van der Waals surface area contributed by atoms with E-state index in [0.717, 1.165) is 11.1 Å². The van der Waals surface area contributed by atoms with Crippen LogP contribution in [0, 0.1) is 11.3 Å². The van der Waals surface area contributed by atoms with Crippen molar-refractivity contribution in [1.29, 1.82) is 5.26 Å². The molecule has 0 saturated heterocycles. The number of allylic oxidation sites excluding steroid dienone is 1. The Morgan fingerprint density at radius 3 is 2.48 bits per heavy atom. The third kappa shape index (κ3) is 6.15. The van der Waals surface area contributed by atoms with Crippen LogP contribution in [-0.4, -0.2) is 12.6 Å². The smallest absolute Gasteiger partial charge is 0.349 e. The van der Waals surface area contributed by atoms with Crippen LogP contribution in [0.3, 0.4) is 0 Å². The minimum Gasteiger partial charge on any atom is -0.489 e. The first-order valence-electron chi connectivity index (χ1n) is 12.2. The molecule has 0 spiro atoms. The highest BCUT2D eigenvalue weighted by Crippen LogP contribution is 2.44. The van der Waals surface area contributed by atoms with Gasteiger partial charge in [0.2, 0.25) is 5.88 Å². The second-order valence-corrected chi connectivity index (χ2v) is 9.64. The highest BCUT2D eigenvalue weighted by molar-refractivity contribution is 6.35. The fourth-order valence-electron chi connectivity index (χ4n) is 4.25. The SMILES string of the molecule is N#CC1=C(N)Oc2cc(OC(=O)COc3ccccc3)ccc2C1c1cccc(OCc2ccc(Cl)cc2Cl)c1. The van der Waals surface area contributed by atoms with E-state index in [4.69, 9.17) is 47.9 Å². The van der Waals surface area contributed by atoms with E-state index in [9.17, 15) is 10.1 Å². The number of fused-ring (bicyclic) bond motifs is 1. The zero-order chi connectivity index (χ0) is 28.1. The van der Waals surface area contributed by atoms with Gasteiger partial charge >= 0.3 is 5.97 Å². The van der Waals surface area contributed by atoms with E-state index in [1.54, 1.807) is 48.5 Å². The van der Waals surface area contributed by atoms with Crippen LogP contribution < -0.4 is 24.7 Å². The Morgan fingerprint density at radius 1 is 0.900 bits per heavy atom. The molecule has 200 valence electrons. The van der Waals surface area contributed by atoms with Gasteiger partial charge in [-0.15, -0.1) is 0 Å². The van der Waals surface area contributed by atoms with E-state index in [2.05, 4.69) is 6.07 Å². The molecule has 5 rings (SSSR count). The molecule has 1 atom stereocenters. The molecule has 1 aliphatic heterocycles. The molecule has 0 fully saturated rings. The summed E-state index contributed by atoms with van der Waals surface area (Å²) in [5.41, 5.74) is 8.64. The summed E-state index contributed by atoms with van der Waals surface area (Å²) >= 11 is 12.3. The van der Waals surface area contributed by atoms with Gasteiger partial charge in [-0.2, -0.15) is 5.26 Å². The number of benzene rings is 4. The van der Waals surface area contributed by atoms with Crippen molar-refractivity contribution >= 4 is 29.2 Å². The Balaban J connectivity index is 1.35. The number of ether oxygens (including phenoxy) is 4. The lowest BCUT2D eigenvalue weighted by molar-refractivity contribution is -0.136. The number of hydrogen-bond acceptors (Lipinski definition) is 7. The van der Waals surface area contributed by atoms with Gasteiger partial charge in [0.25, 0.3) is 0 Å². The summed E-state index contributed by atoms with van der Waals surface area (Å²) < 4.78 is 22.6. The molecule has 2 N–H and O–H groups in total. The van der Waals surface area contributed by atoms with Gasteiger partial charge in [0.05, 0.1) is 5.92 Å². The lowest BCUT2D eigenvalue weighted by Gasteiger charge is -2.27. The lowest BCUT2D eigenvalue weighted by Crippen LogP contribution is -2.21. The molecule has 4 aromatic rings. The summed E-state index contributed by atoms with van der Waals surface area (Å²) in [6, 6.07) is 28.6. The molecule has 40 heavy (non-hydrogen) atoms. The predicted octanol–water partition coefficient (Wildman–Crippen LogP) is 6.77. The van der Waals surface area contributed by atoms with E-state index in [-0.39, 0.29) is 30.4 Å². The van der Waals surface area contributed by atoms with Crippen molar-refractivity contribution in [2.75, 3.05) is 6.61 Å². The van der Waals surface area contributed by atoms with Gasteiger partial charge in [-0.25, -0.2) is 4.79 Å². The van der Waals surface area contributed by atoms with E-state index >= 15 is 0 Å². The van der Waals surface area contributed by atoms with Gasteiger partial charge in [0.1, 0.15) is 41.2 Å². The Hall–Kier alpha value is -4.64. The zero-order valence-electron chi connectivity index (χ0n) is 21.0. The van der Waals surface area contributed by atoms with Crippen LogP contribution in [0.15, 0.2) is 102 Å². The molecule has 9 heteroatoms. The minimum atomic E-state index is -0.581. The van der Waals surface area contributed by atoms with E-state index < -0.39 is 11.9 Å². The number of rotatable bonds is 8. The summed E-state index contributed by atoms with van der Waals surface area (Å²) in [7, 11) is 0. The number of para-hydroxylation sites is 1. The molecule has 1 aliphatic rings.